The Morgan fingerprint density at radius 2 is 1.83 bits per heavy atom. The van der Waals surface area contributed by atoms with Crippen molar-refractivity contribution >= 4 is 18.0 Å². The molecule has 1 aliphatic heterocycles. The molecule has 8 heteroatoms. The number of carboxylic acids is 2. The summed E-state index contributed by atoms with van der Waals surface area (Å²) in [5, 5.41) is 19.7. The van der Waals surface area contributed by atoms with Crippen LogP contribution in [0.15, 0.2) is 0 Å². The highest BCUT2D eigenvalue weighted by Crippen LogP contribution is 2.02. The largest absolute Gasteiger partial charge is 0.481 e. The van der Waals surface area contributed by atoms with Crippen LogP contribution in [0, 0.1) is 0 Å². The summed E-state index contributed by atoms with van der Waals surface area (Å²) in [6.45, 7) is 1.63. The van der Waals surface area contributed by atoms with Gasteiger partial charge in [0.05, 0.1) is 13.2 Å². The van der Waals surface area contributed by atoms with Crippen LogP contribution in [0.5, 0.6) is 0 Å². The van der Waals surface area contributed by atoms with Gasteiger partial charge < -0.3 is 25.2 Å². The summed E-state index contributed by atoms with van der Waals surface area (Å²) in [6.07, 6.45) is -0.443. The smallest absolute Gasteiger partial charge is 0.326 e. The van der Waals surface area contributed by atoms with Crippen molar-refractivity contribution in [3.8, 4) is 0 Å². The Kier molecular flexibility index (Phi) is 5.37. The van der Waals surface area contributed by atoms with E-state index in [4.69, 9.17) is 14.9 Å². The van der Waals surface area contributed by atoms with Gasteiger partial charge in [0.15, 0.2) is 0 Å². The lowest BCUT2D eigenvalue weighted by Crippen LogP contribution is -2.51. The number of ether oxygens (including phenoxy) is 1. The maximum Gasteiger partial charge on any atom is 0.326 e. The van der Waals surface area contributed by atoms with Gasteiger partial charge in [-0.15, -0.1) is 0 Å². The van der Waals surface area contributed by atoms with Gasteiger partial charge in [-0.3, -0.25) is 4.79 Å². The lowest BCUT2D eigenvalue weighted by molar-refractivity contribution is -0.140. The second kappa shape index (κ2) is 6.80. The van der Waals surface area contributed by atoms with Crippen LogP contribution >= 0.6 is 0 Å². The fourth-order valence-corrected chi connectivity index (χ4v) is 1.53. The highest BCUT2D eigenvalue weighted by atomic mass is 16.5. The van der Waals surface area contributed by atoms with Crippen LogP contribution in [-0.4, -0.2) is 65.4 Å². The van der Waals surface area contributed by atoms with Crippen LogP contribution in [0.3, 0.4) is 0 Å². The first-order valence-corrected chi connectivity index (χ1v) is 5.58. The molecule has 2 amide bonds. The summed E-state index contributed by atoms with van der Waals surface area (Å²) in [4.78, 5) is 34.4. The number of amides is 2. The third kappa shape index (κ3) is 4.58. The number of nitrogens with one attached hydrogen (secondary N) is 1. The van der Waals surface area contributed by atoms with Crippen LogP contribution in [-0.2, 0) is 14.3 Å². The van der Waals surface area contributed by atoms with Crippen LogP contribution < -0.4 is 5.32 Å². The average Bonchev–Trinajstić information content (AvgIpc) is 2.34. The van der Waals surface area contributed by atoms with Crippen molar-refractivity contribution in [3.05, 3.63) is 0 Å². The standard InChI is InChI=1S/C10H16N2O6/c13-8(14)2-1-7(9(15)16)11-10(17)12-3-5-18-6-4-12/h7H,1-6H2,(H,11,17)(H,13,14)(H,15,16)/t7-/m0/s1. The summed E-state index contributed by atoms with van der Waals surface area (Å²) in [5.74, 6) is -2.33. The van der Waals surface area contributed by atoms with E-state index >= 15 is 0 Å². The van der Waals surface area contributed by atoms with E-state index in [1.54, 1.807) is 0 Å². The Bertz CT molecular complexity index is 326. The summed E-state index contributed by atoms with van der Waals surface area (Å²) in [6, 6.07) is -1.69. The molecule has 1 fully saturated rings. The van der Waals surface area contributed by atoms with Gasteiger partial charge in [-0.2, -0.15) is 0 Å². The van der Waals surface area contributed by atoms with E-state index in [0.717, 1.165) is 0 Å². The maximum atomic E-state index is 11.7. The molecular weight excluding hydrogens is 244 g/mol. The van der Waals surface area contributed by atoms with Crippen LogP contribution in [0.1, 0.15) is 12.8 Å². The third-order valence-corrected chi connectivity index (χ3v) is 2.54. The summed E-state index contributed by atoms with van der Waals surface area (Å²) in [5.41, 5.74) is 0. The predicted octanol–water partition coefficient (Wildman–Crippen LogP) is -0.654. The Balaban J connectivity index is 2.46. The van der Waals surface area contributed by atoms with Gasteiger partial charge in [-0.05, 0) is 6.42 Å². The fraction of sp³-hybridized carbons (Fsp3) is 0.700. The maximum absolute atomic E-state index is 11.7. The molecule has 0 spiro atoms. The normalized spacial score (nSPS) is 17.0. The number of carbonyl (C=O) groups excluding carboxylic acids is 1. The van der Waals surface area contributed by atoms with Crippen molar-refractivity contribution in [1.82, 2.24) is 10.2 Å². The molecule has 3 N–H and O–H groups in total. The van der Waals surface area contributed by atoms with Gasteiger partial charge in [-0.1, -0.05) is 0 Å². The van der Waals surface area contributed by atoms with Crippen LogP contribution in [0.4, 0.5) is 4.79 Å². The monoisotopic (exact) mass is 260 g/mol. The molecule has 0 aromatic carbocycles. The van der Waals surface area contributed by atoms with E-state index in [1.807, 2.05) is 0 Å². The van der Waals surface area contributed by atoms with E-state index in [9.17, 15) is 14.4 Å². The molecule has 0 radical (unpaired) electrons. The first-order chi connectivity index (χ1) is 8.50. The highest BCUT2D eigenvalue weighted by Gasteiger charge is 2.24. The first-order valence-electron chi connectivity index (χ1n) is 5.58. The van der Waals surface area contributed by atoms with Crippen molar-refractivity contribution in [3.63, 3.8) is 0 Å². The molecule has 1 saturated heterocycles. The number of carbonyl (C=O) groups is 3. The zero-order chi connectivity index (χ0) is 13.5. The zero-order valence-corrected chi connectivity index (χ0v) is 9.79. The molecule has 1 rings (SSSR count). The van der Waals surface area contributed by atoms with E-state index in [2.05, 4.69) is 5.32 Å². The lowest BCUT2D eigenvalue weighted by Gasteiger charge is -2.28. The summed E-state index contributed by atoms with van der Waals surface area (Å²) < 4.78 is 5.07. The van der Waals surface area contributed by atoms with Crippen LogP contribution in [0.2, 0.25) is 0 Å². The molecular formula is C10H16N2O6. The molecule has 0 aliphatic carbocycles. The van der Waals surface area contributed by atoms with E-state index in [-0.39, 0.29) is 12.8 Å². The number of nitrogens with zero attached hydrogens (tertiary/aromatic N) is 1. The molecule has 0 aromatic heterocycles. The molecule has 0 bridgehead atoms. The Morgan fingerprint density at radius 3 is 2.33 bits per heavy atom. The predicted molar refractivity (Wildman–Crippen MR) is 59.2 cm³/mol. The van der Waals surface area contributed by atoms with Crippen molar-refractivity contribution in [2.45, 2.75) is 18.9 Å². The molecule has 1 atom stereocenters. The quantitative estimate of drug-likeness (QED) is 0.604. The number of morpholine rings is 1. The molecule has 0 aromatic rings. The highest BCUT2D eigenvalue weighted by molar-refractivity contribution is 5.83. The zero-order valence-electron chi connectivity index (χ0n) is 9.79. The topological polar surface area (TPSA) is 116 Å². The van der Waals surface area contributed by atoms with Gasteiger partial charge in [0.25, 0.3) is 0 Å². The van der Waals surface area contributed by atoms with Gasteiger partial charge in [0.2, 0.25) is 0 Å². The van der Waals surface area contributed by atoms with Crippen molar-refractivity contribution in [1.29, 1.82) is 0 Å². The Morgan fingerprint density at radius 1 is 1.22 bits per heavy atom. The molecule has 8 nitrogen and oxygen atoms in total. The number of aliphatic carboxylic acids is 2. The number of urea groups is 1. The second-order valence-corrected chi connectivity index (χ2v) is 3.87. The Hall–Kier alpha value is -1.83. The van der Waals surface area contributed by atoms with Crippen molar-refractivity contribution < 1.29 is 29.3 Å². The van der Waals surface area contributed by atoms with Crippen LogP contribution in [0.25, 0.3) is 0 Å². The Labute approximate surface area is 104 Å². The van der Waals surface area contributed by atoms with Gasteiger partial charge >= 0.3 is 18.0 Å². The van der Waals surface area contributed by atoms with Gasteiger partial charge in [0, 0.05) is 19.5 Å². The van der Waals surface area contributed by atoms with Crippen molar-refractivity contribution in [2.75, 3.05) is 26.3 Å². The summed E-state index contributed by atoms with van der Waals surface area (Å²) >= 11 is 0. The van der Waals surface area contributed by atoms with Gasteiger partial charge in [0.1, 0.15) is 6.04 Å². The second-order valence-electron chi connectivity index (χ2n) is 3.87. The van der Waals surface area contributed by atoms with Gasteiger partial charge in [-0.25, -0.2) is 9.59 Å². The minimum Gasteiger partial charge on any atom is -0.481 e. The first kappa shape index (κ1) is 14.2. The molecule has 1 aliphatic rings. The van der Waals surface area contributed by atoms with E-state index in [1.165, 1.54) is 4.90 Å². The minimum absolute atomic E-state index is 0.138. The average molecular weight is 260 g/mol. The lowest BCUT2D eigenvalue weighted by atomic mass is 10.1. The fourth-order valence-electron chi connectivity index (χ4n) is 1.53. The van der Waals surface area contributed by atoms with Crippen molar-refractivity contribution in [2.24, 2.45) is 0 Å². The molecule has 18 heavy (non-hydrogen) atoms. The van der Waals surface area contributed by atoms with E-state index < -0.39 is 24.0 Å². The summed E-state index contributed by atoms with van der Waals surface area (Å²) in [7, 11) is 0. The number of carboxylic acid groups (broad SMARTS) is 2. The minimum atomic E-state index is -1.24. The number of hydrogen-bond donors (Lipinski definition) is 3. The molecule has 102 valence electrons. The number of hydrogen-bond acceptors (Lipinski definition) is 4. The van der Waals surface area contributed by atoms with E-state index in [0.29, 0.717) is 26.3 Å². The number of rotatable bonds is 5. The third-order valence-electron chi connectivity index (χ3n) is 2.54. The molecule has 0 saturated carbocycles. The molecule has 1 heterocycles. The molecule has 0 unspecified atom stereocenters. The SMILES string of the molecule is O=C(O)CC[C@H](NC(=O)N1CCOCC1)C(=O)O.